The van der Waals surface area contributed by atoms with Gasteiger partial charge in [0.15, 0.2) is 0 Å². The number of rotatable bonds is 6. The van der Waals surface area contributed by atoms with Crippen molar-refractivity contribution in [2.75, 3.05) is 6.54 Å². The quantitative estimate of drug-likeness (QED) is 0.852. The molecule has 4 heteroatoms. The molecule has 20 heavy (non-hydrogen) atoms. The molecule has 2 nitrogen and oxygen atoms in total. The Bertz CT molecular complexity index is 525. The monoisotopic (exact) mass is 336 g/mol. The van der Waals surface area contributed by atoms with E-state index in [1.165, 1.54) is 12.1 Å². The van der Waals surface area contributed by atoms with Crippen LogP contribution < -0.4 is 5.32 Å². The van der Waals surface area contributed by atoms with E-state index in [1.807, 2.05) is 24.3 Å². The van der Waals surface area contributed by atoms with Crippen molar-refractivity contribution in [2.24, 2.45) is 0 Å². The maximum atomic E-state index is 13.0. The van der Waals surface area contributed by atoms with Gasteiger partial charge in [0, 0.05) is 10.7 Å². The average molecular weight is 337 g/mol. The van der Waals surface area contributed by atoms with Gasteiger partial charge in [-0.05, 0) is 65.1 Å². The van der Waals surface area contributed by atoms with E-state index < -0.39 is 0 Å². The fourth-order valence-corrected chi connectivity index (χ4v) is 2.28. The van der Waals surface area contributed by atoms with Crippen LogP contribution in [0.5, 0.6) is 0 Å². The standard InChI is InChI=1S/C16H18BrFN2/c1-2-9-19-16(15-8-5-13(17)11-20-15)10-12-3-6-14(18)7-4-12/h3-8,11,16,19H,2,9-10H2,1H3. The van der Waals surface area contributed by atoms with Crippen LogP contribution in [0, 0.1) is 5.82 Å². The van der Waals surface area contributed by atoms with Gasteiger partial charge in [0.25, 0.3) is 0 Å². The van der Waals surface area contributed by atoms with Crippen LogP contribution in [0.4, 0.5) is 4.39 Å². The summed E-state index contributed by atoms with van der Waals surface area (Å²) in [7, 11) is 0. The van der Waals surface area contributed by atoms with E-state index in [2.05, 4.69) is 33.2 Å². The van der Waals surface area contributed by atoms with E-state index in [4.69, 9.17) is 0 Å². The lowest BCUT2D eigenvalue weighted by Crippen LogP contribution is -2.25. The zero-order chi connectivity index (χ0) is 14.4. The molecule has 106 valence electrons. The lowest BCUT2D eigenvalue weighted by atomic mass is 10.0. The van der Waals surface area contributed by atoms with Crippen LogP contribution in [0.3, 0.4) is 0 Å². The van der Waals surface area contributed by atoms with Gasteiger partial charge in [0.05, 0.1) is 11.7 Å². The second kappa shape index (κ2) is 7.50. The first-order chi connectivity index (χ1) is 9.69. The van der Waals surface area contributed by atoms with Crippen LogP contribution in [0.2, 0.25) is 0 Å². The van der Waals surface area contributed by atoms with Gasteiger partial charge in [0.1, 0.15) is 5.82 Å². The van der Waals surface area contributed by atoms with E-state index in [0.29, 0.717) is 0 Å². The summed E-state index contributed by atoms with van der Waals surface area (Å²) in [6.45, 7) is 3.07. The van der Waals surface area contributed by atoms with Gasteiger partial charge in [-0.15, -0.1) is 0 Å². The molecule has 0 saturated heterocycles. The number of hydrogen-bond donors (Lipinski definition) is 1. The van der Waals surface area contributed by atoms with E-state index in [1.54, 1.807) is 6.20 Å². The predicted molar refractivity (Wildman–Crippen MR) is 83.1 cm³/mol. The molecule has 2 rings (SSSR count). The number of nitrogens with zero attached hydrogens (tertiary/aromatic N) is 1. The van der Waals surface area contributed by atoms with Crippen molar-refractivity contribution in [3.05, 3.63) is 64.1 Å². The van der Waals surface area contributed by atoms with Crippen molar-refractivity contribution >= 4 is 15.9 Å². The predicted octanol–water partition coefficient (Wildman–Crippen LogP) is 4.27. The van der Waals surface area contributed by atoms with Crippen LogP contribution in [0.1, 0.15) is 30.6 Å². The Hall–Kier alpha value is -1.26. The minimum absolute atomic E-state index is 0.147. The average Bonchev–Trinajstić information content (AvgIpc) is 2.46. The van der Waals surface area contributed by atoms with E-state index in [9.17, 15) is 4.39 Å². The first-order valence-corrected chi connectivity index (χ1v) is 7.57. The van der Waals surface area contributed by atoms with Gasteiger partial charge < -0.3 is 5.32 Å². The summed E-state index contributed by atoms with van der Waals surface area (Å²) < 4.78 is 13.9. The molecule has 0 bridgehead atoms. The van der Waals surface area contributed by atoms with Crippen LogP contribution in [-0.2, 0) is 6.42 Å². The van der Waals surface area contributed by atoms with Crippen molar-refractivity contribution < 1.29 is 4.39 Å². The molecule has 0 radical (unpaired) electrons. The highest BCUT2D eigenvalue weighted by Gasteiger charge is 2.13. The van der Waals surface area contributed by atoms with Crippen molar-refractivity contribution in [3.8, 4) is 0 Å². The molecule has 1 aromatic heterocycles. The lowest BCUT2D eigenvalue weighted by molar-refractivity contribution is 0.517. The molecular weight excluding hydrogens is 319 g/mol. The summed E-state index contributed by atoms with van der Waals surface area (Å²) in [5, 5.41) is 3.50. The summed E-state index contributed by atoms with van der Waals surface area (Å²) in [5.74, 6) is -0.200. The molecule has 1 atom stereocenters. The maximum absolute atomic E-state index is 13.0. The number of halogens is 2. The summed E-state index contributed by atoms with van der Waals surface area (Å²) in [6.07, 6.45) is 3.67. The molecule has 2 aromatic rings. The van der Waals surface area contributed by atoms with Crippen LogP contribution in [0.25, 0.3) is 0 Å². The van der Waals surface area contributed by atoms with Gasteiger partial charge in [0.2, 0.25) is 0 Å². The van der Waals surface area contributed by atoms with Gasteiger partial charge >= 0.3 is 0 Å². The summed E-state index contributed by atoms with van der Waals surface area (Å²) in [6, 6.07) is 10.8. The van der Waals surface area contributed by atoms with Crippen molar-refractivity contribution in [3.63, 3.8) is 0 Å². The fourth-order valence-electron chi connectivity index (χ4n) is 2.05. The molecule has 1 heterocycles. The van der Waals surface area contributed by atoms with Crippen LogP contribution >= 0.6 is 15.9 Å². The normalized spacial score (nSPS) is 12.3. The third-order valence-corrected chi connectivity index (χ3v) is 3.57. The first-order valence-electron chi connectivity index (χ1n) is 6.78. The summed E-state index contributed by atoms with van der Waals surface area (Å²) in [4.78, 5) is 4.46. The molecule has 1 aromatic carbocycles. The molecule has 0 fully saturated rings. The Morgan fingerprint density at radius 1 is 1.20 bits per heavy atom. The highest BCUT2D eigenvalue weighted by atomic mass is 79.9. The van der Waals surface area contributed by atoms with Gasteiger partial charge in [-0.1, -0.05) is 19.1 Å². The second-order valence-electron chi connectivity index (χ2n) is 4.74. The van der Waals surface area contributed by atoms with Gasteiger partial charge in [-0.3, -0.25) is 4.98 Å². The molecular formula is C16H18BrFN2. The topological polar surface area (TPSA) is 24.9 Å². The van der Waals surface area contributed by atoms with E-state index >= 15 is 0 Å². The highest BCUT2D eigenvalue weighted by molar-refractivity contribution is 9.10. The van der Waals surface area contributed by atoms with E-state index in [-0.39, 0.29) is 11.9 Å². The Balaban J connectivity index is 2.14. The number of pyridine rings is 1. The minimum atomic E-state index is -0.200. The van der Waals surface area contributed by atoms with E-state index in [0.717, 1.165) is 35.1 Å². The number of hydrogen-bond acceptors (Lipinski definition) is 2. The number of benzene rings is 1. The minimum Gasteiger partial charge on any atom is -0.308 e. The number of nitrogens with one attached hydrogen (secondary N) is 1. The number of aromatic nitrogens is 1. The molecule has 0 aliphatic heterocycles. The summed E-state index contributed by atoms with van der Waals surface area (Å²) in [5.41, 5.74) is 2.11. The van der Waals surface area contributed by atoms with Crippen molar-refractivity contribution in [1.82, 2.24) is 10.3 Å². The zero-order valence-electron chi connectivity index (χ0n) is 11.4. The molecule has 0 aliphatic rings. The van der Waals surface area contributed by atoms with Gasteiger partial charge in [-0.25, -0.2) is 4.39 Å². The fraction of sp³-hybridized carbons (Fsp3) is 0.312. The van der Waals surface area contributed by atoms with Crippen LogP contribution in [-0.4, -0.2) is 11.5 Å². The third kappa shape index (κ3) is 4.39. The SMILES string of the molecule is CCCNC(Cc1ccc(F)cc1)c1ccc(Br)cn1. The molecule has 1 unspecified atom stereocenters. The van der Waals surface area contributed by atoms with Crippen LogP contribution in [0.15, 0.2) is 47.1 Å². The summed E-state index contributed by atoms with van der Waals surface area (Å²) >= 11 is 3.40. The molecule has 0 saturated carbocycles. The second-order valence-corrected chi connectivity index (χ2v) is 5.65. The molecule has 0 spiro atoms. The largest absolute Gasteiger partial charge is 0.308 e. The molecule has 0 amide bonds. The highest BCUT2D eigenvalue weighted by Crippen LogP contribution is 2.19. The Morgan fingerprint density at radius 2 is 1.95 bits per heavy atom. The maximum Gasteiger partial charge on any atom is 0.123 e. The third-order valence-electron chi connectivity index (χ3n) is 3.10. The van der Waals surface area contributed by atoms with Gasteiger partial charge in [-0.2, -0.15) is 0 Å². The Morgan fingerprint density at radius 3 is 2.55 bits per heavy atom. The smallest absolute Gasteiger partial charge is 0.123 e. The lowest BCUT2D eigenvalue weighted by Gasteiger charge is -2.18. The Labute approximate surface area is 127 Å². The first kappa shape index (κ1) is 15.1. The molecule has 0 aliphatic carbocycles. The van der Waals surface area contributed by atoms with Crippen molar-refractivity contribution in [2.45, 2.75) is 25.8 Å². The molecule has 1 N–H and O–H groups in total. The Kier molecular flexibility index (Phi) is 5.68. The van der Waals surface area contributed by atoms with Crippen molar-refractivity contribution in [1.29, 1.82) is 0 Å². The zero-order valence-corrected chi connectivity index (χ0v) is 13.0.